The second kappa shape index (κ2) is 7.42. The van der Waals surface area contributed by atoms with E-state index in [-0.39, 0.29) is 5.78 Å². The molecule has 0 spiro atoms. The van der Waals surface area contributed by atoms with E-state index in [1.165, 1.54) is 0 Å². The molecule has 0 amide bonds. The zero-order valence-electron chi connectivity index (χ0n) is 12.0. The summed E-state index contributed by atoms with van der Waals surface area (Å²) in [6.45, 7) is 2.06. The average Bonchev–Trinajstić information content (AvgIpc) is 2.55. The van der Waals surface area contributed by atoms with Crippen molar-refractivity contribution in [2.24, 2.45) is 0 Å². The van der Waals surface area contributed by atoms with Gasteiger partial charge in [-0.05, 0) is 18.1 Å². The molecule has 0 saturated carbocycles. The largest absolute Gasteiger partial charge is 0.380 e. The molecule has 0 bridgehead atoms. The van der Waals surface area contributed by atoms with Crippen molar-refractivity contribution in [1.29, 1.82) is 0 Å². The molecule has 0 heterocycles. The van der Waals surface area contributed by atoms with Crippen molar-refractivity contribution in [2.75, 3.05) is 0 Å². The van der Waals surface area contributed by atoms with Gasteiger partial charge in [0.05, 0.1) is 0 Å². The van der Waals surface area contributed by atoms with E-state index >= 15 is 0 Å². The highest BCUT2D eigenvalue weighted by atomic mass is 16.3. The Hall–Kier alpha value is -2.37. The Labute approximate surface area is 125 Å². The quantitative estimate of drug-likeness (QED) is 0.683. The van der Waals surface area contributed by atoms with Crippen LogP contribution in [0.2, 0.25) is 0 Å². The normalized spacial score (nSPS) is 11.3. The van der Waals surface area contributed by atoms with E-state index in [1.807, 2.05) is 18.2 Å². The smallest absolute Gasteiger partial charge is 0.197 e. The number of carbonyl (C=O) groups is 1. The van der Waals surface area contributed by atoms with Crippen molar-refractivity contribution in [2.45, 2.75) is 25.9 Å². The van der Waals surface area contributed by atoms with Crippen molar-refractivity contribution >= 4 is 5.78 Å². The zero-order chi connectivity index (χ0) is 15.1. The van der Waals surface area contributed by atoms with Crippen molar-refractivity contribution in [3.8, 4) is 11.8 Å². The van der Waals surface area contributed by atoms with Crippen LogP contribution >= 0.6 is 0 Å². The van der Waals surface area contributed by atoms with Gasteiger partial charge in [0.15, 0.2) is 5.78 Å². The van der Waals surface area contributed by atoms with Gasteiger partial charge in [0, 0.05) is 17.5 Å². The van der Waals surface area contributed by atoms with Crippen LogP contribution in [0.5, 0.6) is 0 Å². The highest BCUT2D eigenvalue weighted by Crippen LogP contribution is 2.20. The van der Waals surface area contributed by atoms with Crippen LogP contribution in [0.1, 0.15) is 47.4 Å². The number of aliphatic hydroxyl groups excluding tert-OH is 1. The van der Waals surface area contributed by atoms with Gasteiger partial charge in [-0.15, -0.1) is 0 Å². The highest BCUT2D eigenvalue weighted by Gasteiger charge is 2.20. The molecule has 0 aliphatic carbocycles. The molecule has 2 aromatic carbocycles. The van der Waals surface area contributed by atoms with E-state index in [0.717, 1.165) is 12.8 Å². The maximum Gasteiger partial charge on any atom is 0.197 e. The number of unbranched alkanes of at least 4 members (excludes halogenated alkanes) is 1. The topological polar surface area (TPSA) is 37.3 Å². The molecule has 0 aromatic heterocycles. The summed E-state index contributed by atoms with van der Waals surface area (Å²) >= 11 is 0. The second-order valence-electron chi connectivity index (χ2n) is 4.77. The first-order valence-electron chi connectivity index (χ1n) is 7.09. The van der Waals surface area contributed by atoms with E-state index in [1.54, 1.807) is 36.4 Å². The van der Waals surface area contributed by atoms with Crippen LogP contribution in [0.3, 0.4) is 0 Å². The highest BCUT2D eigenvalue weighted by molar-refractivity contribution is 6.01. The first-order chi connectivity index (χ1) is 10.2. The van der Waals surface area contributed by atoms with Gasteiger partial charge in [-0.3, -0.25) is 4.79 Å². The Morgan fingerprint density at radius 1 is 1.10 bits per heavy atom. The molecule has 0 aliphatic heterocycles. The molecule has 2 rings (SSSR count). The van der Waals surface area contributed by atoms with Crippen LogP contribution < -0.4 is 0 Å². The molecule has 2 aromatic rings. The molecule has 1 N–H and O–H groups in total. The van der Waals surface area contributed by atoms with E-state index in [0.29, 0.717) is 16.7 Å². The summed E-state index contributed by atoms with van der Waals surface area (Å²) in [7, 11) is 0. The lowest BCUT2D eigenvalue weighted by Crippen LogP contribution is -2.13. The molecule has 1 unspecified atom stereocenters. The van der Waals surface area contributed by atoms with Crippen LogP contribution in [0.15, 0.2) is 54.6 Å². The monoisotopic (exact) mass is 278 g/mol. The number of aliphatic hydroxyl groups is 1. The summed E-state index contributed by atoms with van der Waals surface area (Å²) in [5.74, 6) is 5.74. The molecule has 2 nitrogen and oxygen atoms in total. The summed E-state index contributed by atoms with van der Waals surface area (Å²) in [5.41, 5.74) is 1.74. The number of benzene rings is 2. The molecule has 1 atom stereocenters. The summed E-state index contributed by atoms with van der Waals surface area (Å²) in [6, 6.07) is 16.1. The first-order valence-corrected chi connectivity index (χ1v) is 7.09. The number of carbonyl (C=O) groups excluding carboxylic acids is 1. The van der Waals surface area contributed by atoms with Crippen LogP contribution in [0.25, 0.3) is 0 Å². The predicted octanol–water partition coefficient (Wildman–Crippen LogP) is 3.75. The minimum atomic E-state index is -1.15. The van der Waals surface area contributed by atoms with Crippen molar-refractivity contribution in [1.82, 2.24) is 0 Å². The fraction of sp³-hybridized carbons (Fsp3) is 0.211. The number of ketones is 1. The molecule has 106 valence electrons. The maximum absolute atomic E-state index is 12.5. The van der Waals surface area contributed by atoms with Crippen molar-refractivity contribution in [3.63, 3.8) is 0 Å². The molecular weight excluding hydrogens is 260 g/mol. The Morgan fingerprint density at radius 2 is 1.76 bits per heavy atom. The molecule has 0 radical (unpaired) electrons. The van der Waals surface area contributed by atoms with Gasteiger partial charge in [-0.1, -0.05) is 67.3 Å². The predicted molar refractivity (Wildman–Crippen MR) is 84.0 cm³/mol. The van der Waals surface area contributed by atoms with Gasteiger partial charge in [-0.25, -0.2) is 0 Å². The van der Waals surface area contributed by atoms with Crippen LogP contribution in [0, 0.1) is 11.8 Å². The minimum absolute atomic E-state index is 0.317. The Bertz CT molecular complexity index is 663. The minimum Gasteiger partial charge on any atom is -0.380 e. The van der Waals surface area contributed by atoms with Crippen molar-refractivity contribution in [3.05, 3.63) is 71.3 Å². The number of Topliss-reactive ketones (excluding diaryl/α,β-unsaturated/α-hetero) is 1. The van der Waals surface area contributed by atoms with Crippen molar-refractivity contribution < 1.29 is 9.90 Å². The lowest BCUT2D eigenvalue weighted by atomic mass is 9.96. The number of hydrogen-bond acceptors (Lipinski definition) is 2. The first kappa shape index (κ1) is 15.0. The summed E-state index contributed by atoms with van der Waals surface area (Å²) in [5, 5.41) is 10.2. The van der Waals surface area contributed by atoms with Gasteiger partial charge < -0.3 is 5.11 Å². The van der Waals surface area contributed by atoms with Gasteiger partial charge in [0.25, 0.3) is 0 Å². The van der Waals surface area contributed by atoms with Crippen LogP contribution in [-0.4, -0.2) is 10.9 Å². The SMILES string of the molecule is CCCC#Cc1ccccc1C(=O)C(O)c1ccccc1. The van der Waals surface area contributed by atoms with Gasteiger partial charge in [0.2, 0.25) is 0 Å². The van der Waals surface area contributed by atoms with Crippen LogP contribution in [0.4, 0.5) is 0 Å². The van der Waals surface area contributed by atoms with Gasteiger partial charge >= 0.3 is 0 Å². The zero-order valence-corrected chi connectivity index (χ0v) is 12.0. The second-order valence-corrected chi connectivity index (χ2v) is 4.77. The molecule has 21 heavy (non-hydrogen) atoms. The summed E-state index contributed by atoms with van der Waals surface area (Å²) in [6.07, 6.45) is 0.625. The molecule has 0 fully saturated rings. The average molecular weight is 278 g/mol. The van der Waals surface area contributed by atoms with E-state index < -0.39 is 6.10 Å². The van der Waals surface area contributed by atoms with E-state index in [4.69, 9.17) is 0 Å². The third kappa shape index (κ3) is 3.81. The lowest BCUT2D eigenvalue weighted by molar-refractivity contribution is 0.0747. The number of hydrogen-bond donors (Lipinski definition) is 1. The lowest BCUT2D eigenvalue weighted by Gasteiger charge is -2.11. The third-order valence-electron chi connectivity index (χ3n) is 3.15. The van der Waals surface area contributed by atoms with Gasteiger partial charge in [-0.2, -0.15) is 0 Å². The molecular formula is C19H18O2. The standard InChI is InChI=1S/C19H18O2/c1-2-3-5-10-15-11-8-9-14-17(15)19(21)18(20)16-12-6-4-7-13-16/h4,6-9,11-14,18,20H,2-3H2,1H3. The van der Waals surface area contributed by atoms with Crippen LogP contribution in [-0.2, 0) is 0 Å². The third-order valence-corrected chi connectivity index (χ3v) is 3.15. The van der Waals surface area contributed by atoms with E-state index in [9.17, 15) is 9.90 Å². The van der Waals surface area contributed by atoms with Gasteiger partial charge in [0.1, 0.15) is 6.10 Å². The summed E-state index contributed by atoms with van der Waals surface area (Å²) < 4.78 is 0. The Morgan fingerprint density at radius 3 is 2.48 bits per heavy atom. The molecule has 0 saturated heterocycles. The maximum atomic E-state index is 12.5. The fourth-order valence-corrected chi connectivity index (χ4v) is 2.02. The fourth-order valence-electron chi connectivity index (χ4n) is 2.02. The number of rotatable bonds is 4. The Balaban J connectivity index is 2.30. The summed E-state index contributed by atoms with van der Waals surface area (Å²) in [4.78, 5) is 12.5. The Kier molecular flexibility index (Phi) is 5.31. The molecule has 0 aliphatic rings. The van der Waals surface area contributed by atoms with E-state index in [2.05, 4.69) is 18.8 Å². The molecule has 2 heteroatoms.